The van der Waals surface area contributed by atoms with E-state index in [2.05, 4.69) is 20.1 Å². The lowest BCUT2D eigenvalue weighted by Gasteiger charge is -2.17. The van der Waals surface area contributed by atoms with Crippen LogP contribution in [0.4, 0.5) is 0 Å². The van der Waals surface area contributed by atoms with Crippen LogP contribution in [-0.2, 0) is 22.6 Å². The molecule has 0 aliphatic rings. The molecule has 0 aliphatic heterocycles. The van der Waals surface area contributed by atoms with E-state index in [-0.39, 0.29) is 18.2 Å². The molecular formula is C19H19N5O5. The molecule has 10 heteroatoms. The first-order valence-corrected chi connectivity index (χ1v) is 8.79. The molecule has 3 aromatic rings. The van der Waals surface area contributed by atoms with Crippen LogP contribution in [0.2, 0.25) is 0 Å². The predicted molar refractivity (Wildman–Crippen MR) is 99.7 cm³/mol. The van der Waals surface area contributed by atoms with Gasteiger partial charge >= 0.3 is 5.97 Å². The highest BCUT2D eigenvalue weighted by Gasteiger charge is 2.14. The minimum absolute atomic E-state index is 0.0769. The number of aliphatic carboxylic acids is 1. The standard InChI is InChI=1S/C19H19N5O5/c1-24(11-13-3-5-14(6-4-13)28-12-17(26)27)16(25)8-7-15-22-19(23-29-15)18-20-9-2-10-21-18/h2-6,9-10H,7-8,11-12H2,1H3,(H,26,27). The van der Waals surface area contributed by atoms with Crippen LogP contribution in [0, 0.1) is 0 Å². The molecule has 3 rings (SSSR count). The fourth-order valence-corrected chi connectivity index (χ4v) is 2.46. The van der Waals surface area contributed by atoms with Gasteiger partial charge in [-0.05, 0) is 23.8 Å². The molecule has 0 saturated carbocycles. The summed E-state index contributed by atoms with van der Waals surface area (Å²) in [4.78, 5) is 36.8. The average Bonchev–Trinajstić information content (AvgIpc) is 3.21. The van der Waals surface area contributed by atoms with Crippen molar-refractivity contribution in [3.8, 4) is 17.4 Å². The molecule has 150 valence electrons. The number of benzene rings is 1. The summed E-state index contributed by atoms with van der Waals surface area (Å²) < 4.78 is 10.2. The molecule has 2 aromatic heterocycles. The van der Waals surface area contributed by atoms with Crippen LogP contribution < -0.4 is 4.74 Å². The second-order valence-electron chi connectivity index (χ2n) is 6.16. The number of ether oxygens (including phenoxy) is 1. The van der Waals surface area contributed by atoms with E-state index in [4.69, 9.17) is 14.4 Å². The van der Waals surface area contributed by atoms with Gasteiger partial charge in [0.2, 0.25) is 23.4 Å². The van der Waals surface area contributed by atoms with E-state index in [0.717, 1.165) is 5.56 Å². The van der Waals surface area contributed by atoms with Crippen LogP contribution in [0.1, 0.15) is 17.9 Å². The monoisotopic (exact) mass is 397 g/mol. The smallest absolute Gasteiger partial charge is 0.341 e. The van der Waals surface area contributed by atoms with Gasteiger partial charge in [0.05, 0.1) is 0 Å². The zero-order chi connectivity index (χ0) is 20.6. The van der Waals surface area contributed by atoms with Crippen molar-refractivity contribution in [3.63, 3.8) is 0 Å². The molecule has 1 N–H and O–H groups in total. The van der Waals surface area contributed by atoms with Gasteiger partial charge in [-0.2, -0.15) is 4.98 Å². The number of hydrogen-bond acceptors (Lipinski definition) is 8. The Hall–Kier alpha value is -3.82. The van der Waals surface area contributed by atoms with Crippen LogP contribution in [0.15, 0.2) is 47.2 Å². The molecule has 0 fully saturated rings. The third kappa shape index (κ3) is 5.83. The summed E-state index contributed by atoms with van der Waals surface area (Å²) in [6.45, 7) is 0.0104. The number of aromatic nitrogens is 4. The Bertz CT molecular complexity index is 959. The lowest BCUT2D eigenvalue weighted by Crippen LogP contribution is -2.26. The lowest BCUT2D eigenvalue weighted by atomic mass is 10.2. The molecule has 1 aromatic carbocycles. The van der Waals surface area contributed by atoms with Gasteiger partial charge < -0.3 is 19.3 Å². The van der Waals surface area contributed by atoms with Crippen molar-refractivity contribution < 1.29 is 24.0 Å². The maximum atomic E-state index is 12.4. The van der Waals surface area contributed by atoms with E-state index < -0.39 is 12.6 Å². The van der Waals surface area contributed by atoms with E-state index in [1.165, 1.54) is 0 Å². The zero-order valence-electron chi connectivity index (χ0n) is 15.7. The Morgan fingerprint density at radius 3 is 2.55 bits per heavy atom. The van der Waals surface area contributed by atoms with Crippen molar-refractivity contribution in [3.05, 3.63) is 54.2 Å². The highest BCUT2D eigenvalue weighted by atomic mass is 16.5. The van der Waals surface area contributed by atoms with Crippen molar-refractivity contribution in [2.75, 3.05) is 13.7 Å². The topological polar surface area (TPSA) is 132 Å². The number of carbonyl (C=O) groups excluding carboxylic acids is 1. The van der Waals surface area contributed by atoms with E-state index in [0.29, 0.717) is 30.4 Å². The number of carboxylic acid groups (broad SMARTS) is 1. The molecule has 29 heavy (non-hydrogen) atoms. The van der Waals surface area contributed by atoms with Gasteiger partial charge in [0.15, 0.2) is 6.61 Å². The van der Waals surface area contributed by atoms with Gasteiger partial charge in [0.25, 0.3) is 0 Å². The fraction of sp³-hybridized carbons (Fsp3) is 0.263. The summed E-state index contributed by atoms with van der Waals surface area (Å²) in [5.41, 5.74) is 0.893. The van der Waals surface area contributed by atoms with Gasteiger partial charge in [-0.3, -0.25) is 4.79 Å². The van der Waals surface area contributed by atoms with Crippen LogP contribution in [0.25, 0.3) is 11.6 Å². The van der Waals surface area contributed by atoms with Crippen molar-refractivity contribution >= 4 is 11.9 Å². The molecule has 2 heterocycles. The summed E-state index contributed by atoms with van der Waals surface area (Å²) in [5.74, 6) is 0.332. The third-order valence-electron chi connectivity index (χ3n) is 3.92. The number of rotatable bonds is 9. The summed E-state index contributed by atoms with van der Waals surface area (Å²) in [6, 6.07) is 8.59. The second kappa shape index (κ2) is 9.40. The molecule has 10 nitrogen and oxygen atoms in total. The first kappa shape index (κ1) is 19.9. The van der Waals surface area contributed by atoms with Gasteiger partial charge in [-0.15, -0.1) is 0 Å². The van der Waals surface area contributed by atoms with Crippen molar-refractivity contribution in [1.29, 1.82) is 0 Å². The summed E-state index contributed by atoms with van der Waals surface area (Å²) >= 11 is 0. The van der Waals surface area contributed by atoms with E-state index in [1.54, 1.807) is 54.7 Å². The maximum absolute atomic E-state index is 12.4. The minimum atomic E-state index is -1.04. The van der Waals surface area contributed by atoms with E-state index in [1.807, 2.05) is 0 Å². The zero-order valence-corrected chi connectivity index (χ0v) is 15.7. The Morgan fingerprint density at radius 1 is 1.14 bits per heavy atom. The largest absolute Gasteiger partial charge is 0.482 e. The van der Waals surface area contributed by atoms with E-state index >= 15 is 0 Å². The predicted octanol–water partition coefficient (Wildman–Crippen LogP) is 1.58. The molecule has 0 saturated heterocycles. The summed E-state index contributed by atoms with van der Waals surface area (Å²) in [7, 11) is 1.70. The van der Waals surface area contributed by atoms with Crippen molar-refractivity contribution in [1.82, 2.24) is 25.0 Å². The van der Waals surface area contributed by atoms with Crippen molar-refractivity contribution in [2.45, 2.75) is 19.4 Å². The van der Waals surface area contributed by atoms with Crippen LogP contribution in [-0.4, -0.2) is 55.6 Å². The molecule has 0 radical (unpaired) electrons. The minimum Gasteiger partial charge on any atom is -0.482 e. The normalized spacial score (nSPS) is 10.5. The highest BCUT2D eigenvalue weighted by Crippen LogP contribution is 2.14. The Labute approximate surface area is 166 Å². The molecule has 0 atom stereocenters. The summed E-state index contributed by atoms with van der Waals surface area (Å²) in [6.07, 6.45) is 3.70. The molecule has 0 aliphatic carbocycles. The first-order valence-electron chi connectivity index (χ1n) is 8.79. The third-order valence-corrected chi connectivity index (χ3v) is 3.92. The molecule has 0 unspecified atom stereocenters. The molecular weight excluding hydrogens is 378 g/mol. The number of hydrogen-bond donors (Lipinski definition) is 1. The van der Waals surface area contributed by atoms with Crippen LogP contribution in [0.3, 0.4) is 0 Å². The number of amides is 1. The molecule has 0 bridgehead atoms. The van der Waals surface area contributed by atoms with Gasteiger partial charge in [-0.25, -0.2) is 14.8 Å². The fourth-order valence-electron chi connectivity index (χ4n) is 2.46. The SMILES string of the molecule is CN(Cc1ccc(OCC(=O)O)cc1)C(=O)CCc1nc(-c2ncccn2)no1. The number of carbonyl (C=O) groups is 2. The number of carboxylic acids is 1. The number of aryl methyl sites for hydroxylation is 1. The summed E-state index contributed by atoms with van der Waals surface area (Å²) in [5, 5.41) is 12.4. The highest BCUT2D eigenvalue weighted by molar-refractivity contribution is 5.76. The first-order chi connectivity index (χ1) is 14.0. The second-order valence-corrected chi connectivity index (χ2v) is 6.16. The van der Waals surface area contributed by atoms with Gasteiger partial charge in [-0.1, -0.05) is 17.3 Å². The van der Waals surface area contributed by atoms with Crippen LogP contribution in [0.5, 0.6) is 5.75 Å². The Balaban J connectivity index is 1.48. The maximum Gasteiger partial charge on any atom is 0.341 e. The molecule has 1 amide bonds. The van der Waals surface area contributed by atoms with Crippen LogP contribution >= 0.6 is 0 Å². The average molecular weight is 397 g/mol. The lowest BCUT2D eigenvalue weighted by molar-refractivity contribution is -0.139. The van der Waals surface area contributed by atoms with Gasteiger partial charge in [0.1, 0.15) is 5.75 Å². The van der Waals surface area contributed by atoms with E-state index in [9.17, 15) is 9.59 Å². The molecule has 0 spiro atoms. The Morgan fingerprint density at radius 2 is 1.86 bits per heavy atom. The van der Waals surface area contributed by atoms with Gasteiger partial charge in [0, 0.05) is 38.8 Å². The quantitative estimate of drug-likeness (QED) is 0.571. The van der Waals surface area contributed by atoms with Crippen molar-refractivity contribution in [2.24, 2.45) is 0 Å². The number of nitrogens with zero attached hydrogens (tertiary/aromatic N) is 5. The Kier molecular flexibility index (Phi) is 6.46.